The van der Waals surface area contributed by atoms with Crippen LogP contribution in [0.4, 0.5) is 0 Å². The third-order valence-electron chi connectivity index (χ3n) is 4.61. The Labute approximate surface area is 103 Å². The van der Waals surface area contributed by atoms with E-state index >= 15 is 0 Å². The van der Waals surface area contributed by atoms with Gasteiger partial charge < -0.3 is 4.74 Å². The smallest absolute Gasteiger partial charge is 0.334 e. The van der Waals surface area contributed by atoms with Crippen molar-refractivity contribution in [2.45, 2.75) is 40.5 Å². The van der Waals surface area contributed by atoms with Gasteiger partial charge in [0, 0.05) is 11.0 Å². The largest absolute Gasteiger partial charge is 0.461 e. The summed E-state index contributed by atoms with van der Waals surface area (Å²) in [6.07, 6.45) is 4.42. The van der Waals surface area contributed by atoms with Crippen molar-refractivity contribution in [1.82, 2.24) is 0 Å². The first-order valence-electron chi connectivity index (χ1n) is 6.48. The van der Waals surface area contributed by atoms with Gasteiger partial charge in [0.15, 0.2) is 0 Å². The molecule has 3 aliphatic rings. The average Bonchev–Trinajstić information content (AvgIpc) is 2.43. The van der Waals surface area contributed by atoms with E-state index in [4.69, 9.17) is 4.74 Å². The highest BCUT2D eigenvalue weighted by Gasteiger charge is 2.53. The molecule has 0 spiro atoms. The normalized spacial score (nSPS) is 38.7. The molecule has 1 aliphatic heterocycles. The Morgan fingerprint density at radius 3 is 2.76 bits per heavy atom. The van der Waals surface area contributed by atoms with E-state index in [0.717, 1.165) is 18.4 Å². The topological polar surface area (TPSA) is 26.3 Å². The summed E-state index contributed by atoms with van der Waals surface area (Å²) < 4.78 is 5.42. The molecule has 3 rings (SSSR count). The van der Waals surface area contributed by atoms with E-state index in [2.05, 4.69) is 33.8 Å². The maximum atomic E-state index is 12.0. The molecule has 0 aromatic rings. The fourth-order valence-electron chi connectivity index (χ4n) is 4.06. The first kappa shape index (κ1) is 11.1. The predicted octanol–water partition coefficient (Wildman–Crippen LogP) is 3.24. The second kappa shape index (κ2) is 3.04. The van der Waals surface area contributed by atoms with Crippen LogP contribution in [0.1, 0.15) is 40.5 Å². The number of ether oxygens (including phenoxy) is 1. The second-order valence-electron chi connectivity index (χ2n) is 6.74. The van der Waals surface area contributed by atoms with Gasteiger partial charge in [0.05, 0.1) is 0 Å². The fraction of sp³-hybridized carbons (Fsp3) is 0.667. The van der Waals surface area contributed by atoms with Crippen molar-refractivity contribution in [2.24, 2.45) is 16.7 Å². The molecule has 2 heteroatoms. The molecule has 17 heavy (non-hydrogen) atoms. The van der Waals surface area contributed by atoms with E-state index < -0.39 is 0 Å². The van der Waals surface area contributed by atoms with Gasteiger partial charge in [-0.25, -0.2) is 4.79 Å². The van der Waals surface area contributed by atoms with Gasteiger partial charge in [0.2, 0.25) is 0 Å². The van der Waals surface area contributed by atoms with Crippen molar-refractivity contribution < 1.29 is 9.53 Å². The monoisotopic (exact) mass is 232 g/mol. The van der Waals surface area contributed by atoms with Gasteiger partial charge in [-0.3, -0.25) is 0 Å². The van der Waals surface area contributed by atoms with Crippen molar-refractivity contribution in [3.8, 4) is 0 Å². The number of hydrogen-bond donors (Lipinski definition) is 0. The Morgan fingerprint density at radius 2 is 2.06 bits per heavy atom. The summed E-state index contributed by atoms with van der Waals surface area (Å²) >= 11 is 0. The molecule has 1 heterocycles. The van der Waals surface area contributed by atoms with Crippen LogP contribution in [0.3, 0.4) is 0 Å². The third kappa shape index (κ3) is 1.30. The first-order valence-corrected chi connectivity index (χ1v) is 6.48. The quantitative estimate of drug-likeness (QED) is 0.599. The summed E-state index contributed by atoms with van der Waals surface area (Å²) in [5, 5.41) is 0. The Balaban J connectivity index is 2.27. The lowest BCUT2D eigenvalue weighted by Gasteiger charge is -2.35. The van der Waals surface area contributed by atoms with E-state index in [0.29, 0.717) is 12.5 Å². The van der Waals surface area contributed by atoms with Gasteiger partial charge in [-0.2, -0.15) is 0 Å². The molecule has 2 nitrogen and oxygen atoms in total. The van der Waals surface area contributed by atoms with Crippen LogP contribution in [0.15, 0.2) is 22.8 Å². The summed E-state index contributed by atoms with van der Waals surface area (Å²) in [5.41, 5.74) is 3.92. The van der Waals surface area contributed by atoms with Crippen molar-refractivity contribution in [2.75, 3.05) is 6.61 Å². The van der Waals surface area contributed by atoms with Gasteiger partial charge >= 0.3 is 5.97 Å². The van der Waals surface area contributed by atoms with Gasteiger partial charge in [-0.05, 0) is 35.3 Å². The SMILES string of the molecule is CC1CC=C2C3=C1C(=O)OCC3(C)CC2(C)C. The minimum atomic E-state index is -0.0757. The minimum absolute atomic E-state index is 0.0489. The second-order valence-corrected chi connectivity index (χ2v) is 6.74. The Hall–Kier alpha value is -1.05. The molecule has 1 saturated carbocycles. The molecule has 1 fully saturated rings. The van der Waals surface area contributed by atoms with Gasteiger partial charge in [-0.1, -0.05) is 33.8 Å². The number of carbonyl (C=O) groups excluding carboxylic acids is 1. The van der Waals surface area contributed by atoms with E-state index in [1.165, 1.54) is 11.1 Å². The van der Waals surface area contributed by atoms with Crippen LogP contribution in [0.2, 0.25) is 0 Å². The summed E-state index contributed by atoms with van der Waals surface area (Å²) in [6, 6.07) is 0. The van der Waals surface area contributed by atoms with Crippen LogP contribution in [-0.4, -0.2) is 12.6 Å². The molecule has 2 aliphatic carbocycles. The molecule has 0 radical (unpaired) electrons. The number of rotatable bonds is 0. The summed E-state index contributed by atoms with van der Waals surface area (Å²) in [5.74, 6) is 0.239. The van der Waals surface area contributed by atoms with Gasteiger partial charge in [0.25, 0.3) is 0 Å². The molecule has 0 N–H and O–H groups in total. The van der Waals surface area contributed by atoms with E-state index in [9.17, 15) is 4.79 Å². The van der Waals surface area contributed by atoms with Crippen molar-refractivity contribution >= 4 is 5.97 Å². The van der Waals surface area contributed by atoms with E-state index in [1.54, 1.807) is 0 Å². The molecular weight excluding hydrogens is 212 g/mol. The molecule has 2 atom stereocenters. The van der Waals surface area contributed by atoms with Crippen LogP contribution in [-0.2, 0) is 9.53 Å². The first-order chi connectivity index (χ1) is 7.85. The summed E-state index contributed by atoms with van der Waals surface area (Å²) in [4.78, 5) is 12.0. The third-order valence-corrected chi connectivity index (χ3v) is 4.61. The Bertz CT molecular complexity index is 467. The highest BCUT2D eigenvalue weighted by atomic mass is 16.5. The number of cyclic esters (lactones) is 1. The van der Waals surface area contributed by atoms with Crippen LogP contribution in [0.25, 0.3) is 0 Å². The van der Waals surface area contributed by atoms with Gasteiger partial charge in [0.1, 0.15) is 6.61 Å². The van der Waals surface area contributed by atoms with Crippen LogP contribution in [0.5, 0.6) is 0 Å². The van der Waals surface area contributed by atoms with Gasteiger partial charge in [-0.15, -0.1) is 0 Å². The van der Waals surface area contributed by atoms with E-state index in [1.807, 2.05) is 0 Å². The molecule has 0 bridgehead atoms. The molecule has 2 unspecified atom stereocenters. The molecule has 0 amide bonds. The Morgan fingerprint density at radius 1 is 1.35 bits per heavy atom. The fourth-order valence-corrected chi connectivity index (χ4v) is 4.06. The lowest BCUT2D eigenvalue weighted by molar-refractivity contribution is -0.144. The Kier molecular flexibility index (Phi) is 1.98. The average molecular weight is 232 g/mol. The lowest BCUT2D eigenvalue weighted by Crippen LogP contribution is -2.34. The summed E-state index contributed by atoms with van der Waals surface area (Å²) in [6.45, 7) is 9.50. The summed E-state index contributed by atoms with van der Waals surface area (Å²) in [7, 11) is 0. The number of carbonyl (C=O) groups is 1. The zero-order chi connectivity index (χ0) is 12.4. The number of allylic oxidation sites excluding steroid dienone is 2. The zero-order valence-electron chi connectivity index (χ0n) is 11.1. The van der Waals surface area contributed by atoms with Crippen molar-refractivity contribution in [3.05, 3.63) is 22.8 Å². The predicted molar refractivity (Wildman–Crippen MR) is 66.4 cm³/mol. The maximum Gasteiger partial charge on any atom is 0.334 e. The van der Waals surface area contributed by atoms with Crippen LogP contribution >= 0.6 is 0 Å². The van der Waals surface area contributed by atoms with Crippen molar-refractivity contribution in [3.63, 3.8) is 0 Å². The highest BCUT2D eigenvalue weighted by molar-refractivity contribution is 5.93. The molecule has 0 aromatic heterocycles. The zero-order valence-corrected chi connectivity index (χ0v) is 11.1. The van der Waals surface area contributed by atoms with Crippen LogP contribution in [0, 0.1) is 16.7 Å². The number of esters is 1. The maximum absolute atomic E-state index is 12.0. The minimum Gasteiger partial charge on any atom is -0.461 e. The van der Waals surface area contributed by atoms with E-state index in [-0.39, 0.29) is 16.8 Å². The lowest BCUT2D eigenvalue weighted by atomic mass is 9.74. The molecule has 92 valence electrons. The molecule has 0 saturated heterocycles. The standard InChI is InChI=1S/C15H20O2/c1-9-5-6-10-12-11(9)13(16)17-8-15(12,4)7-14(10,2)3/h6,9H,5,7-8H2,1-4H3. The molecule has 0 aromatic carbocycles. The highest BCUT2D eigenvalue weighted by Crippen LogP contribution is 2.61. The molecular formula is C15H20O2. The van der Waals surface area contributed by atoms with Crippen LogP contribution < -0.4 is 0 Å². The van der Waals surface area contributed by atoms with Crippen molar-refractivity contribution in [1.29, 1.82) is 0 Å². The number of hydrogen-bond acceptors (Lipinski definition) is 2.